The van der Waals surface area contributed by atoms with E-state index >= 15 is 0 Å². The number of para-hydroxylation sites is 2. The number of fused-ring (bicyclic) bond motifs is 6. The first kappa shape index (κ1) is 22.1. The lowest BCUT2D eigenvalue weighted by atomic mass is 9.82. The first-order valence-electron chi connectivity index (χ1n) is 13.2. The maximum atomic E-state index is 6.46. The van der Waals surface area contributed by atoms with Crippen LogP contribution in [-0.4, -0.2) is 9.97 Å². The molecule has 0 spiro atoms. The zero-order valence-corrected chi connectivity index (χ0v) is 21.6. The molecule has 4 heteroatoms. The molecule has 4 nitrogen and oxygen atoms in total. The maximum absolute atomic E-state index is 6.46. The molecule has 0 amide bonds. The molecule has 0 fully saturated rings. The Morgan fingerprint density at radius 3 is 2.18 bits per heavy atom. The molecule has 8 rings (SSSR count). The summed E-state index contributed by atoms with van der Waals surface area (Å²) < 4.78 is 12.8. The highest BCUT2D eigenvalue weighted by Crippen LogP contribution is 2.55. The van der Waals surface area contributed by atoms with Crippen molar-refractivity contribution in [1.82, 2.24) is 9.97 Å². The fraction of sp³-hybridized carbons (Fsp3) is 0.0857. The Morgan fingerprint density at radius 1 is 0.538 bits per heavy atom. The second kappa shape index (κ2) is 8.02. The first-order chi connectivity index (χ1) is 19.0. The minimum absolute atomic E-state index is 0.0884. The highest BCUT2D eigenvalue weighted by atomic mass is 16.6. The van der Waals surface area contributed by atoms with Gasteiger partial charge in [0, 0.05) is 11.0 Å². The van der Waals surface area contributed by atoms with Gasteiger partial charge in [0.2, 0.25) is 0 Å². The standard InChI is InChI=1S/C35H24N2O2/c1-35(2)26-11-4-3-10-24(26)25-18-33-34(19-27(25)35)38-31-15-14-22(17-32(31)39-33)21-8-7-9-23(16-21)30-20-36-28-12-5-6-13-29(28)37-30/h3-20H,1-2H3. The van der Waals surface area contributed by atoms with Crippen LogP contribution in [0.1, 0.15) is 25.0 Å². The molecule has 0 saturated heterocycles. The maximum Gasteiger partial charge on any atom is 0.170 e. The van der Waals surface area contributed by atoms with Crippen LogP contribution < -0.4 is 9.47 Å². The summed E-state index contributed by atoms with van der Waals surface area (Å²) in [4.78, 5) is 9.41. The second-order valence-electron chi connectivity index (χ2n) is 10.7. The van der Waals surface area contributed by atoms with Crippen molar-refractivity contribution in [2.45, 2.75) is 19.3 Å². The minimum Gasteiger partial charge on any atom is -0.450 e. The molecule has 0 saturated carbocycles. The number of benzene rings is 5. The third kappa shape index (κ3) is 3.38. The number of aromatic nitrogens is 2. The third-order valence-corrected chi connectivity index (χ3v) is 7.97. The van der Waals surface area contributed by atoms with Crippen molar-refractivity contribution < 1.29 is 9.47 Å². The molecule has 0 unspecified atom stereocenters. The molecule has 0 atom stereocenters. The van der Waals surface area contributed by atoms with Crippen molar-refractivity contribution in [3.8, 4) is 56.5 Å². The Hall–Kier alpha value is -4.96. The molecule has 1 aliphatic carbocycles. The molecule has 2 heterocycles. The van der Waals surface area contributed by atoms with Crippen molar-refractivity contribution in [2.75, 3.05) is 0 Å². The van der Waals surface area contributed by atoms with Gasteiger partial charge >= 0.3 is 0 Å². The molecule has 0 N–H and O–H groups in total. The second-order valence-corrected chi connectivity index (χ2v) is 10.7. The number of rotatable bonds is 2. The average Bonchev–Trinajstić information content (AvgIpc) is 3.20. The van der Waals surface area contributed by atoms with Crippen molar-refractivity contribution >= 4 is 11.0 Å². The van der Waals surface area contributed by atoms with E-state index in [-0.39, 0.29) is 5.41 Å². The highest BCUT2D eigenvalue weighted by molar-refractivity contribution is 5.84. The van der Waals surface area contributed by atoms with Crippen LogP contribution in [0.5, 0.6) is 23.0 Å². The van der Waals surface area contributed by atoms with E-state index in [4.69, 9.17) is 14.5 Å². The lowest BCUT2D eigenvalue weighted by Crippen LogP contribution is -2.15. The Labute approximate surface area is 226 Å². The predicted octanol–water partition coefficient (Wildman–Crippen LogP) is 9.17. The highest BCUT2D eigenvalue weighted by Gasteiger charge is 2.37. The first-order valence-corrected chi connectivity index (χ1v) is 13.2. The van der Waals surface area contributed by atoms with E-state index in [1.807, 2.05) is 36.5 Å². The normalized spacial score (nSPS) is 14.0. The van der Waals surface area contributed by atoms with E-state index in [2.05, 4.69) is 91.6 Å². The van der Waals surface area contributed by atoms with Crippen LogP contribution in [0.4, 0.5) is 0 Å². The van der Waals surface area contributed by atoms with Crippen LogP contribution in [0.25, 0.3) is 44.5 Å². The minimum atomic E-state index is -0.0884. The lowest BCUT2D eigenvalue weighted by Gasteiger charge is -2.25. The Kier molecular flexibility index (Phi) is 4.54. The van der Waals surface area contributed by atoms with Crippen LogP contribution in [0.3, 0.4) is 0 Å². The summed E-state index contributed by atoms with van der Waals surface area (Å²) in [7, 11) is 0. The van der Waals surface area contributed by atoms with Gasteiger partial charge in [-0.1, -0.05) is 74.5 Å². The predicted molar refractivity (Wildman–Crippen MR) is 155 cm³/mol. The van der Waals surface area contributed by atoms with E-state index < -0.39 is 0 Å². The average molecular weight is 505 g/mol. The smallest absolute Gasteiger partial charge is 0.170 e. The van der Waals surface area contributed by atoms with Gasteiger partial charge in [0.25, 0.3) is 0 Å². The molecular formula is C35H24N2O2. The van der Waals surface area contributed by atoms with Gasteiger partial charge in [0.1, 0.15) is 0 Å². The molecule has 5 aromatic carbocycles. The van der Waals surface area contributed by atoms with Crippen LogP contribution in [0.15, 0.2) is 109 Å². The molecule has 39 heavy (non-hydrogen) atoms. The summed E-state index contributed by atoms with van der Waals surface area (Å²) in [5.74, 6) is 2.93. The molecule has 6 aromatic rings. The summed E-state index contributed by atoms with van der Waals surface area (Å²) in [6.45, 7) is 4.54. The van der Waals surface area contributed by atoms with Gasteiger partial charge in [-0.3, -0.25) is 4.98 Å². The van der Waals surface area contributed by atoms with E-state index in [1.165, 1.54) is 22.3 Å². The van der Waals surface area contributed by atoms with E-state index in [9.17, 15) is 0 Å². The quantitative estimate of drug-likeness (QED) is 0.235. The zero-order chi connectivity index (χ0) is 26.1. The summed E-state index contributed by atoms with van der Waals surface area (Å²) in [5.41, 5.74) is 10.7. The van der Waals surface area contributed by atoms with Crippen LogP contribution >= 0.6 is 0 Å². The number of ether oxygens (including phenoxy) is 2. The van der Waals surface area contributed by atoms with Gasteiger partial charge in [0.05, 0.1) is 22.9 Å². The summed E-state index contributed by atoms with van der Waals surface area (Å²) >= 11 is 0. The van der Waals surface area contributed by atoms with Crippen LogP contribution in [0.2, 0.25) is 0 Å². The fourth-order valence-corrected chi connectivity index (χ4v) is 5.91. The molecule has 1 aliphatic heterocycles. The largest absolute Gasteiger partial charge is 0.450 e. The molecule has 2 aliphatic rings. The molecular weight excluding hydrogens is 480 g/mol. The lowest BCUT2D eigenvalue weighted by molar-refractivity contribution is 0.359. The van der Waals surface area contributed by atoms with E-state index in [0.717, 1.165) is 50.7 Å². The number of hydrogen-bond donors (Lipinski definition) is 0. The summed E-state index contributed by atoms with van der Waals surface area (Å²) in [5, 5.41) is 0. The Bertz CT molecular complexity index is 1960. The van der Waals surface area contributed by atoms with Gasteiger partial charge < -0.3 is 9.47 Å². The summed E-state index contributed by atoms with van der Waals surface area (Å²) in [6, 6.07) is 35.3. The van der Waals surface area contributed by atoms with Crippen LogP contribution in [-0.2, 0) is 5.41 Å². The summed E-state index contributed by atoms with van der Waals surface area (Å²) in [6.07, 6.45) is 1.83. The van der Waals surface area contributed by atoms with Gasteiger partial charge in [0.15, 0.2) is 23.0 Å². The van der Waals surface area contributed by atoms with Gasteiger partial charge in [-0.05, 0) is 75.8 Å². The monoisotopic (exact) mass is 504 g/mol. The number of nitrogens with zero attached hydrogens (tertiary/aromatic N) is 2. The zero-order valence-electron chi connectivity index (χ0n) is 21.6. The van der Waals surface area contributed by atoms with Crippen LogP contribution in [0, 0.1) is 0 Å². The Balaban J connectivity index is 1.15. The molecule has 0 bridgehead atoms. The molecule has 0 radical (unpaired) electrons. The van der Waals surface area contributed by atoms with Crippen molar-refractivity contribution in [3.05, 3.63) is 120 Å². The fourth-order valence-electron chi connectivity index (χ4n) is 5.91. The van der Waals surface area contributed by atoms with Crippen molar-refractivity contribution in [2.24, 2.45) is 0 Å². The topological polar surface area (TPSA) is 44.2 Å². The van der Waals surface area contributed by atoms with Gasteiger partial charge in [-0.25, -0.2) is 4.98 Å². The molecule has 1 aromatic heterocycles. The SMILES string of the molecule is CC1(C)c2ccccc2-c2cc3c(cc21)Oc1ccc(-c2cccc(-c4cnc5ccccc5n4)c2)cc1O3. The van der Waals surface area contributed by atoms with Crippen molar-refractivity contribution in [1.29, 1.82) is 0 Å². The number of hydrogen-bond acceptors (Lipinski definition) is 4. The van der Waals surface area contributed by atoms with E-state index in [0.29, 0.717) is 5.75 Å². The Morgan fingerprint density at radius 2 is 1.26 bits per heavy atom. The van der Waals surface area contributed by atoms with Gasteiger partial charge in [-0.15, -0.1) is 0 Å². The third-order valence-electron chi connectivity index (χ3n) is 7.97. The molecule has 186 valence electrons. The van der Waals surface area contributed by atoms with Gasteiger partial charge in [-0.2, -0.15) is 0 Å². The van der Waals surface area contributed by atoms with E-state index in [1.54, 1.807) is 0 Å². The van der Waals surface area contributed by atoms with Crippen molar-refractivity contribution in [3.63, 3.8) is 0 Å².